The van der Waals surface area contributed by atoms with Gasteiger partial charge in [-0.15, -0.1) is 11.8 Å². The molecule has 488 valence electrons. The van der Waals surface area contributed by atoms with Gasteiger partial charge in [0.15, 0.2) is 0 Å². The highest BCUT2D eigenvalue weighted by molar-refractivity contribution is 14.1. The molecule has 27 nitrogen and oxygen atoms in total. The van der Waals surface area contributed by atoms with Crippen LogP contribution >= 0.6 is 55.9 Å². The zero-order valence-electron chi connectivity index (χ0n) is 48.9. The third-order valence-electron chi connectivity index (χ3n) is 14.8. The number of ether oxygens (including phenoxy) is 1. The first kappa shape index (κ1) is 72.2. The highest BCUT2D eigenvalue weighted by Crippen LogP contribution is 2.30. The maximum atomic E-state index is 15.1. The quantitative estimate of drug-likeness (QED) is 0.0198. The lowest BCUT2D eigenvalue weighted by Crippen LogP contribution is -2.62. The van der Waals surface area contributed by atoms with Crippen molar-refractivity contribution in [2.24, 2.45) is 0 Å². The molecule has 2 aliphatic heterocycles. The van der Waals surface area contributed by atoms with Crippen molar-refractivity contribution in [3.05, 3.63) is 99.3 Å². The molecule has 15 atom stereocenters. The van der Waals surface area contributed by atoms with Gasteiger partial charge >= 0.3 is 0 Å². The second-order valence-electron chi connectivity index (χ2n) is 21.7. The molecule has 0 radical (unpaired) electrons. The number of nitrogens with one attached hydrogen (secondary N) is 9. The molecule has 8 amide bonds. The van der Waals surface area contributed by atoms with Crippen LogP contribution in [0.1, 0.15) is 56.2 Å². The number of halogens is 1. The third-order valence-corrected chi connectivity index (χ3v) is 19.3. The Bertz CT molecular complexity index is 3030. The first-order valence-electron chi connectivity index (χ1n) is 28.9. The van der Waals surface area contributed by atoms with Crippen LogP contribution in [0.2, 0.25) is 0 Å². The number of rotatable bonds is 23. The average molecular weight is 1410 g/mol. The number of phenolic OH excluding ortho intramolecular Hbond substituents is 1. The normalized spacial score (nSPS) is 25.8. The number of hydrogen-bond donors (Lipinski definition) is 18. The fourth-order valence-corrected chi connectivity index (χ4v) is 13.7. The van der Waals surface area contributed by atoms with E-state index in [4.69, 9.17) is 4.74 Å². The number of thioether (sulfide) groups is 1. The van der Waals surface area contributed by atoms with Gasteiger partial charge in [-0.3, -0.25) is 38.4 Å². The van der Waals surface area contributed by atoms with Gasteiger partial charge in [0, 0.05) is 60.0 Å². The molecular formula is C58H80IN10O17S3+. The lowest BCUT2D eigenvalue weighted by Gasteiger charge is -2.39. The van der Waals surface area contributed by atoms with E-state index in [9.17, 15) is 69.6 Å². The molecule has 3 aromatic carbocycles. The first-order valence-corrected chi connectivity index (χ1v) is 33.5. The van der Waals surface area contributed by atoms with E-state index < -0.39 is 151 Å². The summed E-state index contributed by atoms with van der Waals surface area (Å²) >= 11 is 2.82. The number of benzene rings is 3. The molecule has 1 aromatic heterocycles. The Hall–Kier alpha value is -5.82. The van der Waals surface area contributed by atoms with Crippen LogP contribution in [0, 0.1) is 3.57 Å². The summed E-state index contributed by atoms with van der Waals surface area (Å²) < 4.78 is 5.97. The third kappa shape index (κ3) is 21.4. The van der Waals surface area contributed by atoms with E-state index in [1.807, 2.05) is 28.7 Å². The van der Waals surface area contributed by atoms with E-state index in [1.54, 1.807) is 60.8 Å². The average Bonchev–Trinajstić information content (AvgIpc) is 2.18. The summed E-state index contributed by atoms with van der Waals surface area (Å²) in [5.41, 5.74) is 5.05. The van der Waals surface area contributed by atoms with Crippen molar-refractivity contribution >= 4 is 114 Å². The summed E-state index contributed by atoms with van der Waals surface area (Å²) in [5, 5.41) is 105. The van der Waals surface area contributed by atoms with Crippen molar-refractivity contribution in [3.8, 4) is 5.75 Å². The molecular weight excluding hydrogens is 1330 g/mol. The Morgan fingerprint density at radius 1 is 0.764 bits per heavy atom. The lowest BCUT2D eigenvalue weighted by molar-refractivity contribution is -0.368. The number of carbonyl (C=O) groups excluding carboxylic acids is 8. The van der Waals surface area contributed by atoms with E-state index in [2.05, 4.69) is 53.3 Å². The number of H-pyrrole nitrogens is 1. The Balaban J connectivity index is 1.39. The number of aromatic amines is 1. The molecule has 6 rings (SSSR count). The van der Waals surface area contributed by atoms with Gasteiger partial charge in [0.25, 0.3) is 0 Å². The Morgan fingerprint density at radius 3 is 2.10 bits per heavy atom. The van der Waals surface area contributed by atoms with Crippen molar-refractivity contribution in [2.45, 2.75) is 149 Å². The maximum Gasteiger partial charge on any atom is 0.245 e. The van der Waals surface area contributed by atoms with Crippen LogP contribution in [0.25, 0.3) is 10.9 Å². The molecule has 2 fully saturated rings. The van der Waals surface area contributed by atoms with Gasteiger partial charge in [0.05, 0.1) is 41.6 Å². The van der Waals surface area contributed by atoms with Crippen LogP contribution in [0.5, 0.6) is 5.75 Å². The fraction of sp³-hybridized carbons (Fsp3) is 0.517. The second kappa shape index (κ2) is 35.7. The summed E-state index contributed by atoms with van der Waals surface area (Å²) in [4.78, 5) is 120. The largest absolute Gasteiger partial charge is 0.507 e. The van der Waals surface area contributed by atoms with Crippen LogP contribution in [0.4, 0.5) is 0 Å². The van der Waals surface area contributed by atoms with Crippen LogP contribution in [0.15, 0.2) is 79.0 Å². The molecule has 2 aliphatic rings. The van der Waals surface area contributed by atoms with E-state index in [0.29, 0.717) is 50.5 Å². The van der Waals surface area contributed by atoms with Gasteiger partial charge in [0.1, 0.15) is 77.9 Å². The van der Waals surface area contributed by atoms with Crippen LogP contribution in [-0.2, 0) is 62.4 Å². The number of carbonyl (C=O) groups is 8. The minimum atomic E-state index is -1.74. The molecule has 3 heterocycles. The van der Waals surface area contributed by atoms with Gasteiger partial charge in [-0.25, -0.2) is 0 Å². The number of unbranched alkanes of at least 4 members (excludes halogenated alkanes) is 1. The Kier molecular flexibility index (Phi) is 29.0. The zero-order chi connectivity index (χ0) is 64.9. The van der Waals surface area contributed by atoms with Gasteiger partial charge in [-0.2, -0.15) is 0 Å². The van der Waals surface area contributed by atoms with Crippen molar-refractivity contribution in [2.75, 3.05) is 37.0 Å². The van der Waals surface area contributed by atoms with Crippen LogP contribution < -0.4 is 48.3 Å². The second-order valence-corrected chi connectivity index (χ2v) is 26.6. The predicted molar refractivity (Wildman–Crippen MR) is 340 cm³/mol. The zero-order valence-corrected chi connectivity index (χ0v) is 53.5. The minimum absolute atomic E-state index is 0.00155. The molecule has 0 bridgehead atoms. The van der Waals surface area contributed by atoms with Crippen molar-refractivity contribution in [1.82, 2.24) is 47.5 Å². The Labute approximate surface area is 539 Å². The fourth-order valence-electron chi connectivity index (χ4n) is 9.65. The Morgan fingerprint density at radius 2 is 1.43 bits per heavy atom. The molecule has 20 N–H and O–H groups in total. The number of para-hydroxylation sites is 1. The number of fused-ring (bicyclic) bond motifs is 1. The van der Waals surface area contributed by atoms with E-state index in [-0.39, 0.29) is 55.1 Å². The SMILES string of the molecule is CC(O)[C@@H]1NC(=O)[C@H](CCCC[NH3+])NC(=O)[C@@H](Cc2c[nH]c3ccccc23)NC(=O)[C@H](Cc2ccc(O)c([123I])c2)NC(=O)C(NC(=O)C(Cc2ccccc2)NC(=O)CCS[C@@H]2OC(CO)[C@H](O)[C@H](O)C2O)CSSC[C@@H](C(=O)N[C@H](CO)C(C)O)NC1=O. The van der Waals surface area contributed by atoms with Gasteiger partial charge < -0.3 is 98.8 Å². The standard InChI is InChI=1S/C58H79IN10O17S3/c1-29(72)41(25-70)66-56(84)43-28-89-88-27-42(67-52(80)38(21-31-10-4-3-5-11-31)62-46(75)17-19-87-58-50(78)49(77)48(76)45(26-71)86-58)55(83)64-39(22-32-15-16-44(74)35(59)20-32)53(81)65-40(23-33-24-61-36-13-7-6-12-34(33)36)54(82)63-37(14-8-9-18-60)51(79)69-47(30(2)73)57(85)68-43/h3-7,10-13,15-16,20,24,29-30,37-43,45,47-50,58,61,70-74,76-78H,8-9,14,17-19,21-23,25-28,60H2,1-2H3,(H,62,75)(H,63,82)(H,64,83)(H,65,81)(H,66,84)(H,67,80)(H,68,85)(H,69,79)/p+1/t29?,30?,37-,38?,39-,40+,41+,42?,43-,45?,47-,48-,49-,50?,58-/m0/s1/i59-4. The summed E-state index contributed by atoms with van der Waals surface area (Å²) in [5.74, 6) is -7.84. The molecule has 6 unspecified atom stereocenters. The van der Waals surface area contributed by atoms with Crippen molar-refractivity contribution in [1.29, 1.82) is 0 Å². The summed E-state index contributed by atoms with van der Waals surface area (Å²) in [7, 11) is 1.85. The molecule has 0 spiro atoms. The highest BCUT2D eigenvalue weighted by atomic mass is 123. The van der Waals surface area contributed by atoms with Gasteiger partial charge in [0.2, 0.25) is 47.3 Å². The highest BCUT2D eigenvalue weighted by Gasteiger charge is 2.44. The van der Waals surface area contributed by atoms with Gasteiger partial charge in [-0.1, -0.05) is 76.2 Å². The van der Waals surface area contributed by atoms with Crippen LogP contribution in [-0.4, -0.2) is 221 Å². The molecule has 2 saturated heterocycles. The van der Waals surface area contributed by atoms with E-state index in [0.717, 1.165) is 33.3 Å². The van der Waals surface area contributed by atoms with Crippen LogP contribution in [0.3, 0.4) is 0 Å². The van der Waals surface area contributed by atoms with Crippen molar-refractivity contribution < 1.29 is 89.7 Å². The molecule has 4 aromatic rings. The number of aromatic nitrogens is 1. The number of aromatic hydroxyl groups is 1. The maximum absolute atomic E-state index is 15.1. The molecule has 89 heavy (non-hydrogen) atoms. The first-order chi connectivity index (χ1) is 42.5. The van der Waals surface area contributed by atoms with Crippen molar-refractivity contribution in [3.63, 3.8) is 0 Å². The number of amides is 8. The minimum Gasteiger partial charge on any atom is -0.507 e. The predicted octanol–water partition coefficient (Wildman–Crippen LogP) is -3.13. The molecule has 31 heteroatoms. The molecule has 0 saturated carbocycles. The van der Waals surface area contributed by atoms with Gasteiger partial charge in [-0.05, 0) is 90.6 Å². The smallest absolute Gasteiger partial charge is 0.245 e. The van der Waals surface area contributed by atoms with E-state index in [1.165, 1.54) is 26.0 Å². The monoisotopic (exact) mass is 1410 g/mol. The summed E-state index contributed by atoms with van der Waals surface area (Å²) in [6.45, 7) is 1.63. The summed E-state index contributed by atoms with van der Waals surface area (Å²) in [6, 6.07) is 8.45. The van der Waals surface area contributed by atoms with E-state index >= 15 is 9.59 Å². The number of phenols is 1. The topological polar surface area (TPSA) is 447 Å². The molecule has 0 aliphatic carbocycles. The summed E-state index contributed by atoms with van der Waals surface area (Å²) in [6.07, 6.45) is -7.17. The number of hydrogen-bond acceptors (Lipinski definition) is 20. The number of aliphatic hydroxyl groups is 7. The number of aliphatic hydroxyl groups excluding tert-OH is 7. The number of quaternary nitrogens is 1. The lowest BCUT2D eigenvalue weighted by atomic mass is 10.0.